The first-order valence-corrected chi connectivity index (χ1v) is 8.37. The van der Waals surface area contributed by atoms with Crippen molar-refractivity contribution in [1.29, 1.82) is 0 Å². The maximum Gasteiger partial charge on any atom is 0.298 e. The number of hydrogen-bond acceptors (Lipinski definition) is 5. The smallest absolute Gasteiger partial charge is 0.298 e. The van der Waals surface area contributed by atoms with E-state index < -0.39 is 0 Å². The minimum absolute atomic E-state index is 0.0947. The number of carbonyl (C=O) groups excluding carboxylic acids is 1. The van der Waals surface area contributed by atoms with Crippen LogP contribution in [0.5, 0.6) is 0 Å². The zero-order chi connectivity index (χ0) is 16.1. The van der Waals surface area contributed by atoms with Gasteiger partial charge in [-0.3, -0.25) is 4.79 Å². The second kappa shape index (κ2) is 7.46. The second-order valence-corrected chi connectivity index (χ2v) is 5.87. The SMILES string of the molecule is CCNCCNC(=O)C1CCN(c2nc3ccccc3o2)CC1. The van der Waals surface area contributed by atoms with E-state index in [0.717, 1.165) is 50.1 Å². The van der Waals surface area contributed by atoms with Crippen LogP contribution in [-0.4, -0.2) is 43.6 Å². The summed E-state index contributed by atoms with van der Waals surface area (Å²) in [6.45, 7) is 6.11. The average molecular weight is 316 g/mol. The van der Waals surface area contributed by atoms with Gasteiger partial charge in [-0.05, 0) is 31.5 Å². The van der Waals surface area contributed by atoms with Gasteiger partial charge in [-0.1, -0.05) is 19.1 Å². The number of hydrogen-bond donors (Lipinski definition) is 2. The molecule has 0 radical (unpaired) electrons. The van der Waals surface area contributed by atoms with Gasteiger partial charge in [-0.2, -0.15) is 4.98 Å². The van der Waals surface area contributed by atoms with Gasteiger partial charge in [0.05, 0.1) is 0 Å². The molecule has 2 N–H and O–H groups in total. The summed E-state index contributed by atoms with van der Waals surface area (Å²) in [6.07, 6.45) is 1.68. The highest BCUT2D eigenvalue weighted by atomic mass is 16.4. The third-order valence-corrected chi connectivity index (χ3v) is 4.27. The molecule has 124 valence electrons. The second-order valence-electron chi connectivity index (χ2n) is 5.87. The van der Waals surface area contributed by atoms with E-state index in [1.807, 2.05) is 24.3 Å². The van der Waals surface area contributed by atoms with Gasteiger partial charge < -0.3 is 20.0 Å². The van der Waals surface area contributed by atoms with Gasteiger partial charge in [0.2, 0.25) is 5.91 Å². The van der Waals surface area contributed by atoms with Crippen molar-refractivity contribution < 1.29 is 9.21 Å². The average Bonchev–Trinajstić information content (AvgIpc) is 3.03. The molecule has 1 aliphatic heterocycles. The molecule has 1 aromatic heterocycles. The van der Waals surface area contributed by atoms with Crippen LogP contribution in [0.4, 0.5) is 6.01 Å². The Morgan fingerprint density at radius 1 is 1.30 bits per heavy atom. The first-order valence-electron chi connectivity index (χ1n) is 8.37. The summed E-state index contributed by atoms with van der Waals surface area (Å²) in [5.74, 6) is 0.261. The van der Waals surface area contributed by atoms with Crippen LogP contribution < -0.4 is 15.5 Å². The van der Waals surface area contributed by atoms with Crippen LogP contribution in [-0.2, 0) is 4.79 Å². The Hall–Kier alpha value is -2.08. The van der Waals surface area contributed by atoms with E-state index >= 15 is 0 Å². The molecule has 3 rings (SSSR count). The van der Waals surface area contributed by atoms with Crippen LogP contribution in [0, 0.1) is 5.92 Å². The topological polar surface area (TPSA) is 70.4 Å². The van der Waals surface area contributed by atoms with Gasteiger partial charge in [0.1, 0.15) is 5.52 Å². The van der Waals surface area contributed by atoms with Crippen LogP contribution in [0.15, 0.2) is 28.7 Å². The number of benzene rings is 1. The fraction of sp³-hybridized carbons (Fsp3) is 0.529. The molecule has 0 aliphatic carbocycles. The Labute approximate surface area is 136 Å². The number of fused-ring (bicyclic) bond motifs is 1. The molecule has 6 nitrogen and oxygen atoms in total. The number of likely N-dealkylation sites (N-methyl/N-ethyl adjacent to an activating group) is 1. The number of carbonyl (C=O) groups is 1. The molecule has 2 heterocycles. The molecular formula is C17H24N4O2. The van der Waals surface area contributed by atoms with Crippen LogP contribution in [0.25, 0.3) is 11.1 Å². The van der Waals surface area contributed by atoms with Gasteiger partial charge in [0.25, 0.3) is 6.01 Å². The van der Waals surface area contributed by atoms with E-state index in [1.54, 1.807) is 0 Å². The Morgan fingerprint density at radius 3 is 2.83 bits per heavy atom. The first kappa shape index (κ1) is 15.8. The Kier molecular flexibility index (Phi) is 5.12. The monoisotopic (exact) mass is 316 g/mol. The number of anilines is 1. The van der Waals surface area contributed by atoms with E-state index in [2.05, 4.69) is 27.4 Å². The molecule has 23 heavy (non-hydrogen) atoms. The molecule has 2 aromatic rings. The molecule has 6 heteroatoms. The Balaban J connectivity index is 1.50. The van der Waals surface area contributed by atoms with E-state index in [0.29, 0.717) is 12.6 Å². The molecular weight excluding hydrogens is 292 g/mol. The van der Waals surface area contributed by atoms with E-state index in [-0.39, 0.29) is 11.8 Å². The Bertz CT molecular complexity index is 614. The molecule has 1 aromatic carbocycles. The van der Waals surface area contributed by atoms with Gasteiger partial charge >= 0.3 is 0 Å². The van der Waals surface area contributed by atoms with Crippen LogP contribution in [0.1, 0.15) is 19.8 Å². The summed E-state index contributed by atoms with van der Waals surface area (Å²) in [5, 5.41) is 6.21. The zero-order valence-electron chi connectivity index (χ0n) is 13.5. The molecule has 0 atom stereocenters. The standard InChI is InChI=1S/C17H24N4O2/c1-2-18-9-10-19-16(22)13-7-11-21(12-8-13)17-20-14-5-3-4-6-15(14)23-17/h3-6,13,18H,2,7-12H2,1H3,(H,19,22). The number of amides is 1. The zero-order valence-corrected chi connectivity index (χ0v) is 13.5. The van der Waals surface area contributed by atoms with Crippen molar-refractivity contribution in [3.05, 3.63) is 24.3 Å². The minimum atomic E-state index is 0.0947. The summed E-state index contributed by atoms with van der Waals surface area (Å²) < 4.78 is 5.80. The lowest BCUT2D eigenvalue weighted by molar-refractivity contribution is -0.125. The summed E-state index contributed by atoms with van der Waals surface area (Å²) in [7, 11) is 0. The predicted octanol–water partition coefficient (Wildman–Crippen LogP) is 1.77. The molecule has 1 saturated heterocycles. The molecule has 0 bridgehead atoms. The van der Waals surface area contributed by atoms with E-state index in [9.17, 15) is 4.79 Å². The Morgan fingerprint density at radius 2 is 2.09 bits per heavy atom. The van der Waals surface area contributed by atoms with Crippen molar-refractivity contribution in [2.75, 3.05) is 37.6 Å². The molecule has 0 spiro atoms. The quantitative estimate of drug-likeness (QED) is 0.795. The number of nitrogens with one attached hydrogen (secondary N) is 2. The van der Waals surface area contributed by atoms with Crippen molar-refractivity contribution in [2.24, 2.45) is 5.92 Å². The minimum Gasteiger partial charge on any atom is -0.423 e. The third-order valence-electron chi connectivity index (χ3n) is 4.27. The number of rotatable bonds is 6. The fourth-order valence-electron chi connectivity index (χ4n) is 2.92. The summed E-state index contributed by atoms with van der Waals surface area (Å²) in [5.41, 5.74) is 1.69. The van der Waals surface area contributed by atoms with Crippen molar-refractivity contribution in [1.82, 2.24) is 15.6 Å². The van der Waals surface area contributed by atoms with Crippen molar-refractivity contribution in [3.8, 4) is 0 Å². The van der Waals surface area contributed by atoms with Crippen LogP contribution in [0.2, 0.25) is 0 Å². The number of aromatic nitrogens is 1. The summed E-state index contributed by atoms with van der Waals surface area (Å²) >= 11 is 0. The molecule has 1 aliphatic rings. The van der Waals surface area contributed by atoms with Crippen LogP contribution in [0.3, 0.4) is 0 Å². The lowest BCUT2D eigenvalue weighted by atomic mass is 9.96. The van der Waals surface area contributed by atoms with Gasteiger partial charge in [-0.15, -0.1) is 0 Å². The molecule has 1 amide bonds. The molecule has 0 saturated carbocycles. The maximum atomic E-state index is 12.1. The van der Waals surface area contributed by atoms with E-state index in [4.69, 9.17) is 4.42 Å². The lowest BCUT2D eigenvalue weighted by Crippen LogP contribution is -2.42. The first-order chi connectivity index (χ1) is 11.3. The van der Waals surface area contributed by atoms with Gasteiger partial charge in [-0.25, -0.2) is 0 Å². The van der Waals surface area contributed by atoms with E-state index in [1.165, 1.54) is 0 Å². The van der Waals surface area contributed by atoms with Gasteiger partial charge in [0.15, 0.2) is 5.58 Å². The maximum absolute atomic E-state index is 12.1. The van der Waals surface area contributed by atoms with Crippen LogP contribution >= 0.6 is 0 Å². The predicted molar refractivity (Wildman–Crippen MR) is 90.5 cm³/mol. The summed E-state index contributed by atoms with van der Waals surface area (Å²) in [4.78, 5) is 18.8. The highest BCUT2D eigenvalue weighted by molar-refractivity contribution is 5.79. The number of para-hydroxylation sites is 2. The lowest BCUT2D eigenvalue weighted by Gasteiger charge is -2.30. The largest absolute Gasteiger partial charge is 0.423 e. The molecule has 0 unspecified atom stereocenters. The fourth-order valence-corrected chi connectivity index (χ4v) is 2.92. The number of oxazole rings is 1. The normalized spacial score (nSPS) is 16.0. The number of nitrogens with zero attached hydrogens (tertiary/aromatic N) is 2. The highest BCUT2D eigenvalue weighted by Gasteiger charge is 2.26. The van der Waals surface area contributed by atoms with Crippen molar-refractivity contribution >= 4 is 23.0 Å². The van der Waals surface area contributed by atoms with Gasteiger partial charge in [0, 0.05) is 32.1 Å². The third kappa shape index (κ3) is 3.82. The van der Waals surface area contributed by atoms with Crippen molar-refractivity contribution in [2.45, 2.75) is 19.8 Å². The number of piperidine rings is 1. The molecule has 1 fully saturated rings. The highest BCUT2D eigenvalue weighted by Crippen LogP contribution is 2.26. The van der Waals surface area contributed by atoms with Crippen molar-refractivity contribution in [3.63, 3.8) is 0 Å². The summed E-state index contributed by atoms with van der Waals surface area (Å²) in [6, 6.07) is 8.44.